The summed E-state index contributed by atoms with van der Waals surface area (Å²) in [6, 6.07) is 1.59. The molecular formula is C11H9F2NO2. The summed E-state index contributed by atoms with van der Waals surface area (Å²) in [5, 5.41) is 9.55. The Morgan fingerprint density at radius 2 is 1.94 bits per heavy atom. The van der Waals surface area contributed by atoms with Crippen LogP contribution in [0.1, 0.15) is 24.8 Å². The topological polar surface area (TPSA) is 49.7 Å². The third kappa shape index (κ3) is 1.49. The lowest BCUT2D eigenvalue weighted by atomic mass is 9.72. The zero-order valence-corrected chi connectivity index (χ0v) is 8.33. The van der Waals surface area contributed by atoms with E-state index in [0.717, 1.165) is 12.5 Å². The summed E-state index contributed by atoms with van der Waals surface area (Å²) in [6.45, 7) is 0. The van der Waals surface area contributed by atoms with Gasteiger partial charge in [-0.15, -0.1) is 0 Å². The summed E-state index contributed by atoms with van der Waals surface area (Å²) in [4.78, 5) is 13.9. The molecule has 1 fully saturated rings. The average Bonchev–Trinajstić information content (AvgIpc) is 2.18. The van der Waals surface area contributed by atoms with Crippen molar-refractivity contribution in [1.82, 2.24) is 0 Å². The number of nitrogens with zero attached hydrogens (tertiary/aromatic N) is 1. The molecule has 0 radical (unpaired) electrons. The molecule has 0 unspecified atom stereocenters. The SMILES string of the molecule is O=C=NC1(c2cc(F)c(F)cc2O)CCC1. The first kappa shape index (κ1) is 10.8. The number of hydrogen-bond donors (Lipinski definition) is 1. The van der Waals surface area contributed by atoms with Gasteiger partial charge in [-0.3, -0.25) is 0 Å². The van der Waals surface area contributed by atoms with Crippen LogP contribution < -0.4 is 0 Å². The molecule has 2 rings (SSSR count). The van der Waals surface area contributed by atoms with Crippen LogP contribution in [0.5, 0.6) is 5.75 Å². The molecule has 1 saturated carbocycles. The lowest BCUT2D eigenvalue weighted by molar-refractivity contribution is 0.246. The minimum atomic E-state index is -1.12. The Labute approximate surface area is 90.4 Å². The van der Waals surface area contributed by atoms with Crippen LogP contribution >= 0.6 is 0 Å². The fraction of sp³-hybridized carbons (Fsp3) is 0.364. The van der Waals surface area contributed by atoms with Crippen molar-refractivity contribution in [1.29, 1.82) is 0 Å². The van der Waals surface area contributed by atoms with Gasteiger partial charge in [0.1, 0.15) is 11.3 Å². The van der Waals surface area contributed by atoms with Crippen LogP contribution in [0.15, 0.2) is 17.1 Å². The molecule has 3 nitrogen and oxygen atoms in total. The molecule has 5 heteroatoms. The number of aliphatic imine (C=N–C) groups is 1. The number of rotatable bonds is 2. The highest BCUT2D eigenvalue weighted by Crippen LogP contribution is 2.48. The Morgan fingerprint density at radius 1 is 1.31 bits per heavy atom. The van der Waals surface area contributed by atoms with Crippen molar-refractivity contribution < 1.29 is 18.7 Å². The van der Waals surface area contributed by atoms with Crippen LogP contribution in [0.25, 0.3) is 0 Å². The Hall–Kier alpha value is -1.74. The Kier molecular flexibility index (Phi) is 2.48. The van der Waals surface area contributed by atoms with E-state index >= 15 is 0 Å². The van der Waals surface area contributed by atoms with Gasteiger partial charge in [0.25, 0.3) is 0 Å². The molecule has 0 bridgehead atoms. The number of halogens is 2. The predicted octanol–water partition coefficient (Wildman–Crippen LogP) is 2.39. The van der Waals surface area contributed by atoms with E-state index in [1.165, 1.54) is 6.08 Å². The maximum absolute atomic E-state index is 13.1. The summed E-state index contributed by atoms with van der Waals surface area (Å²) in [7, 11) is 0. The molecule has 0 aliphatic heterocycles. The number of isocyanates is 1. The normalized spacial score (nSPS) is 17.4. The molecule has 1 aliphatic carbocycles. The van der Waals surface area contributed by atoms with Gasteiger partial charge in [0.2, 0.25) is 6.08 Å². The number of carbonyl (C=O) groups excluding carboxylic acids is 1. The monoisotopic (exact) mass is 225 g/mol. The summed E-state index contributed by atoms with van der Waals surface area (Å²) in [5.41, 5.74) is -0.763. The molecule has 0 heterocycles. The first-order chi connectivity index (χ1) is 7.59. The summed E-state index contributed by atoms with van der Waals surface area (Å²) >= 11 is 0. The van der Waals surface area contributed by atoms with Gasteiger partial charge in [-0.05, 0) is 25.3 Å². The molecule has 0 saturated heterocycles. The first-order valence-corrected chi connectivity index (χ1v) is 4.86. The van der Waals surface area contributed by atoms with Gasteiger partial charge in [-0.25, -0.2) is 13.6 Å². The highest BCUT2D eigenvalue weighted by atomic mass is 19.2. The van der Waals surface area contributed by atoms with Crippen molar-refractivity contribution in [2.45, 2.75) is 24.8 Å². The second-order valence-electron chi connectivity index (χ2n) is 3.87. The van der Waals surface area contributed by atoms with Gasteiger partial charge in [0.15, 0.2) is 11.6 Å². The lowest BCUT2D eigenvalue weighted by Gasteiger charge is -2.37. The van der Waals surface area contributed by atoms with Crippen molar-refractivity contribution in [3.63, 3.8) is 0 Å². The maximum Gasteiger partial charge on any atom is 0.235 e. The van der Waals surface area contributed by atoms with E-state index < -0.39 is 17.2 Å². The highest BCUT2D eigenvalue weighted by molar-refractivity contribution is 5.45. The van der Waals surface area contributed by atoms with E-state index in [9.17, 15) is 18.7 Å². The van der Waals surface area contributed by atoms with Crippen molar-refractivity contribution in [3.05, 3.63) is 29.3 Å². The summed E-state index contributed by atoms with van der Waals surface area (Å²) in [5.74, 6) is -2.55. The predicted molar refractivity (Wildman–Crippen MR) is 51.7 cm³/mol. The van der Waals surface area contributed by atoms with E-state index in [1.807, 2.05) is 0 Å². The Bertz CT molecular complexity index is 477. The minimum absolute atomic E-state index is 0.154. The van der Waals surface area contributed by atoms with Crippen molar-refractivity contribution in [2.24, 2.45) is 4.99 Å². The standard InChI is InChI=1S/C11H9F2NO2/c12-8-4-7(10(16)5-9(8)13)11(14-6-15)2-1-3-11/h4-5,16H,1-3H2. The van der Waals surface area contributed by atoms with Crippen LogP contribution in [0, 0.1) is 11.6 Å². The molecule has 84 valence electrons. The number of phenolic OH excluding ortho intramolecular Hbond substituents is 1. The molecule has 1 aliphatic rings. The van der Waals surface area contributed by atoms with Gasteiger partial charge in [0.05, 0.1) is 0 Å². The average molecular weight is 225 g/mol. The number of aromatic hydroxyl groups is 1. The molecule has 16 heavy (non-hydrogen) atoms. The van der Waals surface area contributed by atoms with Gasteiger partial charge < -0.3 is 5.11 Å². The highest BCUT2D eigenvalue weighted by Gasteiger charge is 2.41. The van der Waals surface area contributed by atoms with Crippen molar-refractivity contribution in [2.75, 3.05) is 0 Å². The number of hydrogen-bond acceptors (Lipinski definition) is 3. The molecular weight excluding hydrogens is 216 g/mol. The van der Waals surface area contributed by atoms with E-state index in [1.54, 1.807) is 0 Å². The number of benzene rings is 1. The molecule has 0 atom stereocenters. The maximum atomic E-state index is 13.1. The molecule has 0 aromatic heterocycles. The van der Waals surface area contributed by atoms with Crippen LogP contribution in [-0.4, -0.2) is 11.2 Å². The molecule has 1 N–H and O–H groups in total. The van der Waals surface area contributed by atoms with E-state index in [4.69, 9.17) is 0 Å². The third-order valence-corrected chi connectivity index (χ3v) is 2.98. The first-order valence-electron chi connectivity index (χ1n) is 4.86. The molecule has 0 amide bonds. The van der Waals surface area contributed by atoms with Crippen molar-refractivity contribution in [3.8, 4) is 5.75 Å². The Morgan fingerprint density at radius 3 is 2.44 bits per heavy atom. The van der Waals surface area contributed by atoms with Gasteiger partial charge in [-0.2, -0.15) is 4.99 Å². The van der Waals surface area contributed by atoms with E-state index in [-0.39, 0.29) is 11.3 Å². The lowest BCUT2D eigenvalue weighted by Crippen LogP contribution is -2.32. The van der Waals surface area contributed by atoms with Crippen LogP contribution in [-0.2, 0) is 10.3 Å². The molecule has 1 aromatic carbocycles. The third-order valence-electron chi connectivity index (χ3n) is 2.98. The van der Waals surface area contributed by atoms with Gasteiger partial charge in [0, 0.05) is 11.6 Å². The van der Waals surface area contributed by atoms with E-state index in [0.29, 0.717) is 18.9 Å². The fourth-order valence-corrected chi connectivity index (χ4v) is 1.95. The zero-order valence-electron chi connectivity index (χ0n) is 8.33. The van der Waals surface area contributed by atoms with Crippen LogP contribution in [0.3, 0.4) is 0 Å². The smallest absolute Gasteiger partial charge is 0.235 e. The quantitative estimate of drug-likeness (QED) is 0.620. The summed E-state index contributed by atoms with van der Waals surface area (Å²) < 4.78 is 25.9. The van der Waals surface area contributed by atoms with Crippen LogP contribution in [0.4, 0.5) is 8.78 Å². The van der Waals surface area contributed by atoms with Gasteiger partial charge >= 0.3 is 0 Å². The largest absolute Gasteiger partial charge is 0.507 e. The van der Waals surface area contributed by atoms with Crippen LogP contribution in [0.2, 0.25) is 0 Å². The number of phenols is 1. The second-order valence-corrected chi connectivity index (χ2v) is 3.87. The molecule has 0 spiro atoms. The van der Waals surface area contributed by atoms with E-state index in [2.05, 4.69) is 4.99 Å². The summed E-state index contributed by atoms with van der Waals surface area (Å²) in [6.07, 6.45) is 3.30. The van der Waals surface area contributed by atoms with Gasteiger partial charge in [-0.1, -0.05) is 0 Å². The zero-order chi connectivity index (χ0) is 11.8. The van der Waals surface area contributed by atoms with Crippen molar-refractivity contribution >= 4 is 6.08 Å². The fourth-order valence-electron chi connectivity index (χ4n) is 1.95. The molecule has 1 aromatic rings. The Balaban J connectivity index is 2.54. The minimum Gasteiger partial charge on any atom is -0.507 e. The second kappa shape index (κ2) is 3.68.